The van der Waals surface area contributed by atoms with Gasteiger partial charge in [0.25, 0.3) is 0 Å². The Balaban J connectivity index is 1.12. The van der Waals surface area contributed by atoms with Crippen LogP contribution in [-0.4, -0.2) is 66.6 Å². The molecule has 0 fully saturated rings. The summed E-state index contributed by atoms with van der Waals surface area (Å²) in [5.74, 6) is 1.83. The first kappa shape index (κ1) is 38.2. The van der Waals surface area contributed by atoms with Crippen LogP contribution in [0, 0.1) is 0 Å². The van der Waals surface area contributed by atoms with Crippen molar-refractivity contribution in [2.45, 2.75) is 0 Å². The third-order valence-corrected chi connectivity index (χ3v) is 13.6. The van der Waals surface area contributed by atoms with Crippen LogP contribution in [-0.2, 0) is 0 Å². The highest BCUT2D eigenvalue weighted by molar-refractivity contribution is 6.62. The quantitative estimate of drug-likeness (QED) is 0.251. The number of furan rings is 1. The summed E-state index contributed by atoms with van der Waals surface area (Å²) in [6.07, 6.45) is 0. The molecule has 12 rings (SSSR count). The van der Waals surface area contributed by atoms with Crippen molar-refractivity contribution in [3.05, 3.63) is 158 Å². The minimum absolute atomic E-state index is 0.583. The van der Waals surface area contributed by atoms with Crippen LogP contribution in [0.25, 0.3) is 116 Å². The summed E-state index contributed by atoms with van der Waals surface area (Å²) in [6.45, 7) is 0. The molecule has 64 heavy (non-hydrogen) atoms. The average molecular weight is 812 g/mol. The summed E-state index contributed by atoms with van der Waals surface area (Å²) in [5, 5.41) is 9.20. The summed E-state index contributed by atoms with van der Waals surface area (Å²) >= 11 is 0. The van der Waals surface area contributed by atoms with Gasteiger partial charge in [-0.1, -0.05) is 166 Å². The zero-order valence-corrected chi connectivity index (χ0v) is 36.7. The van der Waals surface area contributed by atoms with Gasteiger partial charge in [0.1, 0.15) is 58.2 Å². The van der Waals surface area contributed by atoms with Crippen LogP contribution in [0.15, 0.2) is 162 Å². The summed E-state index contributed by atoms with van der Waals surface area (Å²) in [7, 11) is 13.5. The third-order valence-electron chi connectivity index (χ3n) is 13.6. The molecule has 5 nitrogen and oxygen atoms in total. The number of hydrogen-bond donors (Lipinski definition) is 0. The number of hydrogen-bond acceptors (Lipinski definition) is 4. The van der Waals surface area contributed by atoms with Crippen molar-refractivity contribution in [2.24, 2.45) is 0 Å². The molecule has 0 atom stereocenters. The molecule has 9 aromatic carbocycles. The van der Waals surface area contributed by atoms with E-state index >= 15 is 0 Å². The Labute approximate surface area is 376 Å². The van der Waals surface area contributed by atoms with Crippen molar-refractivity contribution in [3.63, 3.8) is 0 Å². The molecule has 0 spiro atoms. The lowest BCUT2D eigenvalue weighted by molar-refractivity contribution is 0.670. The van der Waals surface area contributed by atoms with Gasteiger partial charge >= 0.3 is 0 Å². The van der Waals surface area contributed by atoms with Crippen LogP contribution in [0.4, 0.5) is 0 Å². The van der Waals surface area contributed by atoms with Crippen molar-refractivity contribution < 1.29 is 4.42 Å². The molecule has 11 heteroatoms. The van der Waals surface area contributed by atoms with Gasteiger partial charge in [0.05, 0.1) is 0 Å². The average Bonchev–Trinajstić information content (AvgIpc) is 3.89. The highest BCUT2D eigenvalue weighted by atomic mass is 16.3. The smallest absolute Gasteiger partial charge is 0.164 e. The molecule has 0 unspecified atom stereocenters. The molecular formula is C53H38B6N4O. The van der Waals surface area contributed by atoms with Crippen LogP contribution in [0.3, 0.4) is 0 Å². The molecule has 12 aromatic rings. The summed E-state index contributed by atoms with van der Waals surface area (Å²) < 4.78 is 9.54. The lowest BCUT2D eigenvalue weighted by atomic mass is 9.71. The number of fused-ring (bicyclic) bond motifs is 8. The van der Waals surface area contributed by atoms with E-state index in [1.165, 1.54) is 54.6 Å². The van der Waals surface area contributed by atoms with E-state index in [4.69, 9.17) is 19.4 Å². The van der Waals surface area contributed by atoms with E-state index < -0.39 is 0 Å². The highest BCUT2D eigenvalue weighted by Gasteiger charge is 2.24. The number of nitrogens with zero attached hydrogens (tertiary/aromatic N) is 4. The van der Waals surface area contributed by atoms with Crippen molar-refractivity contribution in [1.82, 2.24) is 19.5 Å². The second-order valence-electron chi connectivity index (χ2n) is 17.5. The zero-order valence-electron chi connectivity index (χ0n) is 36.7. The topological polar surface area (TPSA) is 56.7 Å². The maximum atomic E-state index is 7.03. The fourth-order valence-corrected chi connectivity index (χ4v) is 10.3. The van der Waals surface area contributed by atoms with Crippen LogP contribution < -0.4 is 32.8 Å². The van der Waals surface area contributed by atoms with Crippen LogP contribution in [0.5, 0.6) is 0 Å². The molecule has 0 bridgehead atoms. The Bertz CT molecular complexity index is 3760. The van der Waals surface area contributed by atoms with E-state index in [1.54, 1.807) is 0 Å². The van der Waals surface area contributed by atoms with E-state index in [2.05, 4.69) is 209 Å². The lowest BCUT2D eigenvalue weighted by Gasteiger charge is -2.15. The second-order valence-corrected chi connectivity index (χ2v) is 17.5. The molecule has 0 saturated carbocycles. The molecule has 0 amide bonds. The molecule has 0 N–H and O–H groups in total. The zero-order chi connectivity index (χ0) is 43.4. The van der Waals surface area contributed by atoms with Gasteiger partial charge in [0.2, 0.25) is 0 Å². The standard InChI is InChI=1S/C53H38B6N4O/c54-39-25-41(56)48-44(46(39)58)45-47(59)40(55)26-42(57)49(45)63(48)31-23-37(29-10-2-1-3-11-29)50-38(24-31)34-21-20-30(22-43(34)64-50)51-60-52(35-18-8-14-27-12-4-6-16-32(27)35)62-53(61-51)36-19-9-15-28-13-5-7-17-33(28)36/h1-26H,54-59H2. The number of rotatable bonds is 5. The van der Waals surface area contributed by atoms with Gasteiger partial charge in [-0.15, -0.1) is 0 Å². The van der Waals surface area contributed by atoms with Crippen LogP contribution >= 0.6 is 0 Å². The van der Waals surface area contributed by atoms with Crippen molar-refractivity contribution in [1.29, 1.82) is 0 Å². The molecule has 3 heterocycles. The van der Waals surface area contributed by atoms with Gasteiger partial charge in [0.15, 0.2) is 17.5 Å². The largest absolute Gasteiger partial charge is 0.455 e. The molecule has 0 saturated heterocycles. The van der Waals surface area contributed by atoms with Crippen LogP contribution in [0.1, 0.15) is 0 Å². The van der Waals surface area contributed by atoms with E-state index in [0.717, 1.165) is 77.0 Å². The minimum atomic E-state index is 0.583. The van der Waals surface area contributed by atoms with Gasteiger partial charge in [-0.2, -0.15) is 0 Å². The molecule has 0 aliphatic carbocycles. The van der Waals surface area contributed by atoms with Gasteiger partial charge in [-0.3, -0.25) is 0 Å². The predicted molar refractivity (Wildman–Crippen MR) is 287 cm³/mol. The monoisotopic (exact) mass is 812 g/mol. The molecule has 0 radical (unpaired) electrons. The fraction of sp³-hybridized carbons (Fsp3) is 0. The second kappa shape index (κ2) is 14.5. The van der Waals surface area contributed by atoms with Gasteiger partial charge in [-0.25, -0.2) is 15.0 Å². The van der Waals surface area contributed by atoms with Gasteiger partial charge in [-0.05, 0) is 62.1 Å². The first-order chi connectivity index (χ1) is 31.2. The van der Waals surface area contributed by atoms with E-state index in [9.17, 15) is 0 Å². The molecule has 3 aromatic heterocycles. The lowest BCUT2D eigenvalue weighted by Crippen LogP contribution is -2.33. The van der Waals surface area contributed by atoms with E-state index in [1.807, 2.05) is 0 Å². The van der Waals surface area contributed by atoms with Gasteiger partial charge < -0.3 is 8.98 Å². The van der Waals surface area contributed by atoms with Gasteiger partial charge in [0, 0.05) is 49.7 Å². The van der Waals surface area contributed by atoms with Crippen LogP contribution in [0.2, 0.25) is 0 Å². The first-order valence-electron chi connectivity index (χ1n) is 22.0. The third kappa shape index (κ3) is 5.84. The van der Waals surface area contributed by atoms with Crippen molar-refractivity contribution >= 4 is 145 Å². The maximum absolute atomic E-state index is 7.03. The number of aromatic nitrogens is 4. The van der Waals surface area contributed by atoms with E-state index in [-0.39, 0.29) is 0 Å². The first-order valence-corrected chi connectivity index (χ1v) is 22.0. The summed E-state index contributed by atoms with van der Waals surface area (Å²) in [6, 6.07) is 55.8. The van der Waals surface area contributed by atoms with Crippen molar-refractivity contribution in [3.8, 4) is 51.0 Å². The maximum Gasteiger partial charge on any atom is 0.164 e. The summed E-state index contributed by atoms with van der Waals surface area (Å²) in [5.41, 5.74) is 17.9. The summed E-state index contributed by atoms with van der Waals surface area (Å²) in [4.78, 5) is 15.7. The SMILES string of the molecule is Bc1cc(B)c2c(c1B)c1c(B)c(B)cc(B)c1n2-c1cc(-c2ccccc2)c2oc3cc(-c4nc(-c5cccc6ccccc56)nc(-c5cccc6ccccc56)n4)ccc3c2c1. The highest BCUT2D eigenvalue weighted by Crippen LogP contribution is 2.41. The van der Waals surface area contributed by atoms with Crippen molar-refractivity contribution in [2.75, 3.05) is 0 Å². The number of benzene rings is 9. The minimum Gasteiger partial charge on any atom is -0.455 e. The molecule has 0 aliphatic heterocycles. The predicted octanol–water partition coefficient (Wildman–Crippen LogP) is 3.39. The Kier molecular flexibility index (Phi) is 8.67. The Hall–Kier alpha value is -7.50. The Morgan fingerprint density at radius 1 is 0.391 bits per heavy atom. The molecule has 0 aliphatic rings. The Morgan fingerprint density at radius 3 is 1.52 bits per heavy atom. The fourth-order valence-electron chi connectivity index (χ4n) is 10.3. The molecular weight excluding hydrogens is 773 g/mol. The van der Waals surface area contributed by atoms with E-state index in [0.29, 0.717) is 17.5 Å². The molecule has 294 valence electrons. The normalized spacial score (nSPS) is 11.8. The Morgan fingerprint density at radius 2 is 0.922 bits per heavy atom.